The van der Waals surface area contributed by atoms with E-state index in [2.05, 4.69) is 5.32 Å². The largest absolute Gasteiger partial charge is 0.481 e. The van der Waals surface area contributed by atoms with Crippen LogP contribution in [0.4, 0.5) is 0 Å². The summed E-state index contributed by atoms with van der Waals surface area (Å²) in [6, 6.07) is -3.47. The van der Waals surface area contributed by atoms with Gasteiger partial charge in [0.05, 0.1) is 12.5 Å². The first-order valence-corrected chi connectivity index (χ1v) is 7.72. The third-order valence-electron chi connectivity index (χ3n) is 3.84. The molecule has 1 fully saturated rings. The summed E-state index contributed by atoms with van der Waals surface area (Å²) in [7, 11) is 0. The molecule has 1 heterocycles. The van der Waals surface area contributed by atoms with E-state index in [9.17, 15) is 24.0 Å². The summed E-state index contributed by atoms with van der Waals surface area (Å²) < 4.78 is 0. The predicted molar refractivity (Wildman–Crippen MR) is 83.0 cm³/mol. The zero-order valence-corrected chi connectivity index (χ0v) is 13.5. The number of nitrogens with one attached hydrogen (secondary N) is 1. The highest BCUT2D eigenvalue weighted by atomic mass is 16.4. The maximum absolute atomic E-state index is 12.3. The number of nitrogens with two attached hydrogens (primary N) is 2. The Bertz CT molecular complexity index is 565. The fourth-order valence-corrected chi connectivity index (χ4v) is 2.61. The lowest BCUT2D eigenvalue weighted by atomic mass is 10.1. The van der Waals surface area contributed by atoms with Gasteiger partial charge in [0.15, 0.2) is 0 Å². The van der Waals surface area contributed by atoms with E-state index in [1.54, 1.807) is 0 Å². The second kappa shape index (κ2) is 8.97. The number of hydrogen-bond donors (Lipinski definition) is 5. The Labute approximate surface area is 143 Å². The summed E-state index contributed by atoms with van der Waals surface area (Å²) in [6.07, 6.45) is -0.238. The molecular formula is C14H22N4O7. The van der Waals surface area contributed by atoms with Gasteiger partial charge in [-0.2, -0.15) is 0 Å². The number of rotatable bonds is 9. The topological polar surface area (TPSA) is 193 Å². The summed E-state index contributed by atoms with van der Waals surface area (Å²) in [5.41, 5.74) is 10.6. The lowest BCUT2D eigenvalue weighted by molar-refractivity contribution is -0.145. The van der Waals surface area contributed by atoms with Gasteiger partial charge < -0.3 is 31.9 Å². The smallest absolute Gasteiger partial charge is 0.326 e. The molecule has 1 rings (SSSR count). The molecule has 1 saturated heterocycles. The molecule has 0 aromatic carbocycles. The quantitative estimate of drug-likeness (QED) is 0.301. The Balaban J connectivity index is 2.74. The molecular weight excluding hydrogens is 336 g/mol. The van der Waals surface area contributed by atoms with Crippen molar-refractivity contribution in [3.05, 3.63) is 0 Å². The van der Waals surface area contributed by atoms with Crippen LogP contribution in [-0.2, 0) is 24.0 Å². The van der Waals surface area contributed by atoms with Crippen LogP contribution in [0.2, 0.25) is 0 Å². The molecule has 0 saturated carbocycles. The van der Waals surface area contributed by atoms with Gasteiger partial charge in [-0.05, 0) is 19.3 Å². The van der Waals surface area contributed by atoms with Crippen LogP contribution in [0.25, 0.3) is 0 Å². The van der Waals surface area contributed by atoms with Gasteiger partial charge in [-0.1, -0.05) is 0 Å². The second-order valence-corrected chi connectivity index (χ2v) is 5.80. The third kappa shape index (κ3) is 6.03. The fourth-order valence-electron chi connectivity index (χ4n) is 2.61. The highest BCUT2D eigenvalue weighted by Crippen LogP contribution is 2.19. The highest BCUT2D eigenvalue weighted by Gasteiger charge is 2.37. The zero-order chi connectivity index (χ0) is 19.1. The van der Waals surface area contributed by atoms with Crippen molar-refractivity contribution in [1.29, 1.82) is 0 Å². The molecule has 11 nitrogen and oxygen atoms in total. The lowest BCUT2D eigenvalue weighted by Gasteiger charge is -2.27. The van der Waals surface area contributed by atoms with Crippen molar-refractivity contribution in [2.45, 2.75) is 50.2 Å². The maximum Gasteiger partial charge on any atom is 0.326 e. The molecule has 1 aliphatic heterocycles. The monoisotopic (exact) mass is 358 g/mol. The number of aliphatic carboxylic acids is 2. The van der Waals surface area contributed by atoms with E-state index in [0.29, 0.717) is 12.8 Å². The molecule has 0 aromatic rings. The minimum Gasteiger partial charge on any atom is -0.481 e. The lowest BCUT2D eigenvalue weighted by Crippen LogP contribution is -2.54. The van der Waals surface area contributed by atoms with E-state index in [0.717, 1.165) is 0 Å². The molecule has 3 unspecified atom stereocenters. The van der Waals surface area contributed by atoms with E-state index in [4.69, 9.17) is 21.7 Å². The summed E-state index contributed by atoms with van der Waals surface area (Å²) >= 11 is 0. The van der Waals surface area contributed by atoms with Crippen molar-refractivity contribution >= 4 is 29.7 Å². The van der Waals surface area contributed by atoms with Crippen LogP contribution in [0.3, 0.4) is 0 Å². The van der Waals surface area contributed by atoms with Crippen molar-refractivity contribution in [1.82, 2.24) is 10.2 Å². The van der Waals surface area contributed by atoms with Crippen LogP contribution < -0.4 is 16.8 Å². The Morgan fingerprint density at radius 2 is 1.84 bits per heavy atom. The molecule has 3 atom stereocenters. The van der Waals surface area contributed by atoms with E-state index in [1.165, 1.54) is 4.90 Å². The van der Waals surface area contributed by atoms with E-state index in [-0.39, 0.29) is 19.4 Å². The third-order valence-corrected chi connectivity index (χ3v) is 3.84. The van der Waals surface area contributed by atoms with Gasteiger partial charge in [0.1, 0.15) is 12.1 Å². The van der Waals surface area contributed by atoms with Crippen LogP contribution >= 0.6 is 0 Å². The molecule has 0 bridgehead atoms. The molecule has 0 spiro atoms. The molecule has 0 aliphatic carbocycles. The predicted octanol–water partition coefficient (Wildman–Crippen LogP) is -2.39. The highest BCUT2D eigenvalue weighted by molar-refractivity contribution is 5.93. The first-order valence-electron chi connectivity index (χ1n) is 7.72. The van der Waals surface area contributed by atoms with Gasteiger partial charge in [-0.15, -0.1) is 0 Å². The summed E-state index contributed by atoms with van der Waals surface area (Å²) in [5.74, 6) is -4.61. The SMILES string of the molecule is NC(=O)CC(N)C(=O)N1CCCC1C(=O)NC(CCC(=O)O)C(=O)O. The van der Waals surface area contributed by atoms with Crippen molar-refractivity contribution < 1.29 is 34.2 Å². The number of hydrogen-bond acceptors (Lipinski definition) is 6. The molecule has 3 amide bonds. The first-order chi connectivity index (χ1) is 11.6. The van der Waals surface area contributed by atoms with E-state index >= 15 is 0 Å². The maximum atomic E-state index is 12.3. The Hall–Kier alpha value is -2.69. The summed E-state index contributed by atoms with van der Waals surface area (Å²) in [6.45, 7) is 0.246. The minimum absolute atomic E-state index is 0.246. The Morgan fingerprint density at radius 1 is 1.20 bits per heavy atom. The molecule has 0 aromatic heterocycles. The number of carbonyl (C=O) groups excluding carboxylic acids is 3. The molecule has 0 radical (unpaired) electrons. The molecule has 7 N–H and O–H groups in total. The number of nitrogens with zero attached hydrogens (tertiary/aromatic N) is 1. The van der Waals surface area contributed by atoms with Crippen molar-refractivity contribution in [3.8, 4) is 0 Å². The van der Waals surface area contributed by atoms with Gasteiger partial charge in [0.2, 0.25) is 17.7 Å². The van der Waals surface area contributed by atoms with Gasteiger partial charge >= 0.3 is 11.9 Å². The summed E-state index contributed by atoms with van der Waals surface area (Å²) in [5, 5.41) is 20.0. The van der Waals surface area contributed by atoms with Crippen molar-refractivity contribution in [2.75, 3.05) is 6.54 Å². The first kappa shape index (κ1) is 20.4. The number of carboxylic acid groups (broad SMARTS) is 2. The number of amides is 3. The van der Waals surface area contributed by atoms with Crippen LogP contribution in [-0.4, -0.2) is 69.4 Å². The Morgan fingerprint density at radius 3 is 2.36 bits per heavy atom. The normalized spacial score (nSPS) is 19.1. The van der Waals surface area contributed by atoms with Crippen LogP contribution in [0.1, 0.15) is 32.1 Å². The van der Waals surface area contributed by atoms with Crippen LogP contribution in [0.15, 0.2) is 0 Å². The second-order valence-electron chi connectivity index (χ2n) is 5.80. The molecule has 140 valence electrons. The number of carbonyl (C=O) groups is 5. The zero-order valence-electron chi connectivity index (χ0n) is 13.5. The summed E-state index contributed by atoms with van der Waals surface area (Å²) in [4.78, 5) is 58.3. The number of likely N-dealkylation sites (tertiary alicyclic amines) is 1. The Kier molecular flexibility index (Phi) is 7.30. The molecule has 1 aliphatic rings. The van der Waals surface area contributed by atoms with Gasteiger partial charge in [-0.3, -0.25) is 19.2 Å². The molecule has 11 heteroatoms. The fraction of sp³-hybridized carbons (Fsp3) is 0.643. The average molecular weight is 358 g/mol. The molecule has 25 heavy (non-hydrogen) atoms. The average Bonchev–Trinajstić information content (AvgIpc) is 2.98. The standard InChI is InChI=1S/C14H22N4O7/c15-7(6-10(16)19)13(23)18-5-1-2-9(18)12(22)17-8(14(24)25)3-4-11(20)21/h7-9H,1-6,15H2,(H2,16,19)(H,17,22)(H,20,21)(H,24,25). The number of primary amides is 1. The van der Waals surface area contributed by atoms with Crippen LogP contribution in [0, 0.1) is 0 Å². The van der Waals surface area contributed by atoms with Crippen molar-refractivity contribution in [3.63, 3.8) is 0 Å². The van der Waals surface area contributed by atoms with Gasteiger partial charge in [0.25, 0.3) is 0 Å². The number of carboxylic acids is 2. The van der Waals surface area contributed by atoms with Gasteiger partial charge in [0, 0.05) is 13.0 Å². The van der Waals surface area contributed by atoms with E-state index < -0.39 is 54.2 Å². The minimum atomic E-state index is -1.37. The van der Waals surface area contributed by atoms with E-state index in [1.807, 2.05) is 0 Å². The van der Waals surface area contributed by atoms with Crippen molar-refractivity contribution in [2.24, 2.45) is 11.5 Å². The van der Waals surface area contributed by atoms with Crippen LogP contribution in [0.5, 0.6) is 0 Å². The van der Waals surface area contributed by atoms with Gasteiger partial charge in [-0.25, -0.2) is 4.79 Å².